The van der Waals surface area contributed by atoms with Gasteiger partial charge in [0.25, 0.3) is 0 Å². The van der Waals surface area contributed by atoms with E-state index in [1.165, 1.54) is 9.87 Å². The molecule has 1 aliphatic rings. The molecule has 144 valence electrons. The van der Waals surface area contributed by atoms with E-state index < -0.39 is 10.0 Å². The summed E-state index contributed by atoms with van der Waals surface area (Å²) < 4.78 is 27.2. The number of amides is 1. The minimum absolute atomic E-state index is 0.00327. The molecule has 0 bridgehead atoms. The zero-order valence-electron chi connectivity index (χ0n) is 15.8. The number of carbonyl (C=O) groups is 1. The van der Waals surface area contributed by atoms with Gasteiger partial charge in [-0.15, -0.1) is 0 Å². The van der Waals surface area contributed by atoms with Gasteiger partial charge in [0.1, 0.15) is 0 Å². The van der Waals surface area contributed by atoms with Crippen LogP contribution < -0.4 is 0 Å². The lowest BCUT2D eigenvalue weighted by Crippen LogP contribution is -2.45. The largest absolute Gasteiger partial charge is 0.341 e. The summed E-state index contributed by atoms with van der Waals surface area (Å²) in [4.78, 5) is 14.9. The molecule has 1 saturated heterocycles. The fourth-order valence-electron chi connectivity index (χ4n) is 3.46. The summed E-state index contributed by atoms with van der Waals surface area (Å²) >= 11 is 0. The number of benzene rings is 2. The minimum atomic E-state index is -3.56. The summed E-state index contributed by atoms with van der Waals surface area (Å²) in [6, 6.07) is 16.5. The highest BCUT2D eigenvalue weighted by molar-refractivity contribution is 7.89. The summed E-state index contributed by atoms with van der Waals surface area (Å²) in [7, 11) is -1.77. The van der Waals surface area contributed by atoms with Gasteiger partial charge in [-0.2, -0.15) is 4.31 Å². The van der Waals surface area contributed by atoms with Crippen molar-refractivity contribution < 1.29 is 13.2 Å². The van der Waals surface area contributed by atoms with E-state index in [0.717, 1.165) is 12.0 Å². The first-order valence-electron chi connectivity index (χ1n) is 9.23. The molecule has 0 spiro atoms. The molecule has 1 unspecified atom stereocenters. The summed E-state index contributed by atoms with van der Waals surface area (Å²) in [6.07, 6.45) is 1.42. The standard InChI is InChI=1S/C21H26N2O3S/c1-17-10-12-18(13-11-17)15-22(2)21(24)19-7-6-14-23(16-19)27(25,26)20-8-4-3-5-9-20/h3-5,8-13,19H,6-7,14-16H2,1-2H3. The quantitative estimate of drug-likeness (QED) is 0.794. The third-order valence-electron chi connectivity index (χ3n) is 5.03. The Morgan fingerprint density at radius 2 is 1.78 bits per heavy atom. The van der Waals surface area contributed by atoms with Gasteiger partial charge in [0.15, 0.2) is 0 Å². The molecule has 6 heteroatoms. The highest BCUT2D eigenvalue weighted by Crippen LogP contribution is 2.25. The van der Waals surface area contributed by atoms with Crippen LogP contribution in [0, 0.1) is 12.8 Å². The van der Waals surface area contributed by atoms with E-state index in [2.05, 4.69) is 0 Å². The van der Waals surface area contributed by atoms with Crippen LogP contribution in [0.2, 0.25) is 0 Å². The Hall–Kier alpha value is -2.18. The Morgan fingerprint density at radius 3 is 2.44 bits per heavy atom. The van der Waals surface area contributed by atoms with Crippen molar-refractivity contribution in [1.29, 1.82) is 0 Å². The first-order chi connectivity index (χ1) is 12.9. The minimum Gasteiger partial charge on any atom is -0.341 e. The summed E-state index contributed by atoms with van der Waals surface area (Å²) in [5.41, 5.74) is 2.25. The van der Waals surface area contributed by atoms with Crippen molar-refractivity contribution >= 4 is 15.9 Å². The molecule has 1 fully saturated rings. The smallest absolute Gasteiger partial charge is 0.243 e. The second kappa shape index (κ2) is 8.23. The van der Waals surface area contributed by atoms with Crippen LogP contribution in [-0.2, 0) is 21.4 Å². The molecular weight excluding hydrogens is 360 g/mol. The van der Waals surface area contributed by atoms with Gasteiger partial charge >= 0.3 is 0 Å². The number of carbonyl (C=O) groups excluding carboxylic acids is 1. The zero-order valence-corrected chi connectivity index (χ0v) is 16.7. The Kier molecular flexibility index (Phi) is 5.97. The fraction of sp³-hybridized carbons (Fsp3) is 0.381. The van der Waals surface area contributed by atoms with Crippen LogP contribution in [0.15, 0.2) is 59.5 Å². The fourth-order valence-corrected chi connectivity index (χ4v) is 5.01. The molecule has 0 N–H and O–H groups in total. The van der Waals surface area contributed by atoms with Crippen molar-refractivity contribution in [1.82, 2.24) is 9.21 Å². The van der Waals surface area contributed by atoms with Crippen LogP contribution in [0.5, 0.6) is 0 Å². The van der Waals surface area contributed by atoms with E-state index >= 15 is 0 Å². The second-order valence-electron chi connectivity index (χ2n) is 7.20. The third kappa shape index (κ3) is 4.57. The van der Waals surface area contributed by atoms with Crippen molar-refractivity contribution in [3.63, 3.8) is 0 Å². The summed E-state index contributed by atoms with van der Waals surface area (Å²) in [5.74, 6) is -0.295. The average molecular weight is 387 g/mol. The van der Waals surface area contributed by atoms with Gasteiger partial charge in [-0.25, -0.2) is 8.42 Å². The summed E-state index contributed by atoms with van der Waals surface area (Å²) in [6.45, 7) is 3.26. The summed E-state index contributed by atoms with van der Waals surface area (Å²) in [5, 5.41) is 0. The van der Waals surface area contributed by atoms with Crippen LogP contribution in [0.3, 0.4) is 0 Å². The highest BCUT2D eigenvalue weighted by atomic mass is 32.2. The lowest BCUT2D eigenvalue weighted by molar-refractivity contribution is -0.135. The van der Waals surface area contributed by atoms with E-state index in [4.69, 9.17) is 0 Å². The van der Waals surface area contributed by atoms with Crippen LogP contribution >= 0.6 is 0 Å². The molecule has 1 atom stereocenters. The van der Waals surface area contributed by atoms with E-state index in [0.29, 0.717) is 19.5 Å². The first kappa shape index (κ1) is 19.6. The van der Waals surface area contributed by atoms with Crippen LogP contribution in [-0.4, -0.2) is 43.7 Å². The number of piperidine rings is 1. The normalized spacial score (nSPS) is 18.2. The number of hydrogen-bond donors (Lipinski definition) is 0. The van der Waals surface area contributed by atoms with Gasteiger partial charge in [0, 0.05) is 26.7 Å². The Bertz CT molecular complexity index is 879. The highest BCUT2D eigenvalue weighted by Gasteiger charge is 2.34. The molecular formula is C21H26N2O3S. The zero-order chi connectivity index (χ0) is 19.4. The Balaban J connectivity index is 1.68. The van der Waals surface area contributed by atoms with Crippen molar-refractivity contribution in [2.24, 2.45) is 5.92 Å². The SMILES string of the molecule is Cc1ccc(CN(C)C(=O)C2CCCN(S(=O)(=O)c3ccccc3)C2)cc1. The first-order valence-corrected chi connectivity index (χ1v) is 10.7. The van der Waals surface area contributed by atoms with Gasteiger partial charge in [-0.05, 0) is 37.5 Å². The number of rotatable bonds is 5. The maximum Gasteiger partial charge on any atom is 0.243 e. The van der Waals surface area contributed by atoms with Crippen molar-refractivity contribution in [2.75, 3.05) is 20.1 Å². The predicted octanol–water partition coefficient (Wildman–Crippen LogP) is 3.05. The third-order valence-corrected chi connectivity index (χ3v) is 6.91. The van der Waals surface area contributed by atoms with E-state index in [1.54, 1.807) is 42.3 Å². The monoisotopic (exact) mass is 386 g/mol. The second-order valence-corrected chi connectivity index (χ2v) is 9.13. The number of nitrogens with zero attached hydrogens (tertiary/aromatic N) is 2. The maximum absolute atomic E-state index is 12.9. The van der Waals surface area contributed by atoms with Crippen molar-refractivity contribution in [3.8, 4) is 0 Å². The number of sulfonamides is 1. The van der Waals surface area contributed by atoms with Crippen LogP contribution in [0.1, 0.15) is 24.0 Å². The van der Waals surface area contributed by atoms with Crippen molar-refractivity contribution in [2.45, 2.75) is 31.2 Å². The van der Waals surface area contributed by atoms with Gasteiger partial charge in [-0.1, -0.05) is 48.0 Å². The van der Waals surface area contributed by atoms with Crippen LogP contribution in [0.4, 0.5) is 0 Å². The van der Waals surface area contributed by atoms with E-state index in [9.17, 15) is 13.2 Å². The van der Waals surface area contributed by atoms with E-state index in [-0.39, 0.29) is 23.3 Å². The van der Waals surface area contributed by atoms with Gasteiger partial charge in [0.05, 0.1) is 10.8 Å². The molecule has 0 aliphatic carbocycles. The lowest BCUT2D eigenvalue weighted by Gasteiger charge is -2.33. The topological polar surface area (TPSA) is 57.7 Å². The molecule has 2 aromatic rings. The maximum atomic E-state index is 12.9. The molecule has 3 rings (SSSR count). The Morgan fingerprint density at radius 1 is 1.11 bits per heavy atom. The molecule has 0 aromatic heterocycles. The molecule has 1 aliphatic heterocycles. The van der Waals surface area contributed by atoms with Gasteiger partial charge in [0.2, 0.25) is 15.9 Å². The molecule has 1 amide bonds. The molecule has 2 aromatic carbocycles. The molecule has 1 heterocycles. The predicted molar refractivity (Wildman–Crippen MR) is 106 cm³/mol. The van der Waals surface area contributed by atoms with Crippen LogP contribution in [0.25, 0.3) is 0 Å². The van der Waals surface area contributed by atoms with Crippen molar-refractivity contribution in [3.05, 3.63) is 65.7 Å². The molecule has 5 nitrogen and oxygen atoms in total. The number of aryl methyl sites for hydroxylation is 1. The Labute approximate surface area is 161 Å². The molecule has 0 radical (unpaired) electrons. The van der Waals surface area contributed by atoms with Gasteiger partial charge in [-0.3, -0.25) is 4.79 Å². The number of hydrogen-bond acceptors (Lipinski definition) is 3. The molecule has 0 saturated carbocycles. The van der Waals surface area contributed by atoms with E-state index in [1.807, 2.05) is 31.2 Å². The average Bonchev–Trinajstić information content (AvgIpc) is 2.70. The lowest BCUT2D eigenvalue weighted by atomic mass is 9.98. The van der Waals surface area contributed by atoms with Gasteiger partial charge < -0.3 is 4.90 Å². The molecule has 27 heavy (non-hydrogen) atoms.